The first-order chi connectivity index (χ1) is 15.4. The second-order valence-electron chi connectivity index (χ2n) is 7.23. The molecule has 0 amide bonds. The third-order valence-electron chi connectivity index (χ3n) is 5.16. The molecule has 0 unspecified atom stereocenters. The maximum absolute atomic E-state index is 12.9. The SMILES string of the molecule is CCOC(=O)c1cnc2ccc(Cl)cc2c1Nc1ccc(S(=O)(=O)N2CCNCC2)cc1. The second-order valence-corrected chi connectivity index (χ2v) is 9.61. The number of pyridine rings is 1. The summed E-state index contributed by atoms with van der Waals surface area (Å²) >= 11 is 6.18. The molecule has 0 saturated carbocycles. The number of sulfonamides is 1. The predicted molar refractivity (Wildman–Crippen MR) is 124 cm³/mol. The minimum absolute atomic E-state index is 0.221. The number of piperazine rings is 1. The van der Waals surface area contributed by atoms with E-state index in [9.17, 15) is 13.2 Å². The number of anilines is 2. The fourth-order valence-electron chi connectivity index (χ4n) is 3.55. The molecule has 2 heterocycles. The lowest BCUT2D eigenvalue weighted by atomic mass is 10.1. The summed E-state index contributed by atoms with van der Waals surface area (Å²) in [5.41, 5.74) is 2.03. The van der Waals surface area contributed by atoms with E-state index in [2.05, 4.69) is 15.6 Å². The average Bonchev–Trinajstić information content (AvgIpc) is 2.80. The summed E-state index contributed by atoms with van der Waals surface area (Å²) in [5, 5.41) is 7.52. The van der Waals surface area contributed by atoms with Gasteiger partial charge in [-0.3, -0.25) is 4.98 Å². The molecule has 1 fully saturated rings. The summed E-state index contributed by atoms with van der Waals surface area (Å²) in [4.78, 5) is 17.1. The monoisotopic (exact) mass is 474 g/mol. The predicted octanol–water partition coefficient (Wildman–Crippen LogP) is 3.40. The Morgan fingerprint density at radius 2 is 1.91 bits per heavy atom. The third-order valence-corrected chi connectivity index (χ3v) is 7.31. The first kappa shape index (κ1) is 22.5. The summed E-state index contributed by atoms with van der Waals surface area (Å²) < 4.78 is 32.4. The molecule has 0 atom stereocenters. The van der Waals surface area contributed by atoms with E-state index < -0.39 is 16.0 Å². The highest BCUT2D eigenvalue weighted by molar-refractivity contribution is 7.89. The fraction of sp³-hybridized carbons (Fsp3) is 0.273. The molecule has 2 N–H and O–H groups in total. The smallest absolute Gasteiger partial charge is 0.341 e. The highest BCUT2D eigenvalue weighted by Gasteiger charge is 2.25. The van der Waals surface area contributed by atoms with Crippen molar-refractivity contribution in [3.63, 3.8) is 0 Å². The van der Waals surface area contributed by atoms with Crippen LogP contribution in [0.4, 0.5) is 11.4 Å². The van der Waals surface area contributed by atoms with E-state index in [-0.39, 0.29) is 17.1 Å². The van der Waals surface area contributed by atoms with Crippen molar-refractivity contribution in [1.82, 2.24) is 14.6 Å². The van der Waals surface area contributed by atoms with Gasteiger partial charge in [0, 0.05) is 48.5 Å². The Morgan fingerprint density at radius 1 is 1.19 bits per heavy atom. The van der Waals surface area contributed by atoms with Crippen molar-refractivity contribution in [1.29, 1.82) is 0 Å². The first-order valence-corrected chi connectivity index (χ1v) is 12.1. The van der Waals surface area contributed by atoms with E-state index in [0.717, 1.165) is 0 Å². The number of nitrogens with one attached hydrogen (secondary N) is 2. The number of hydrogen-bond donors (Lipinski definition) is 2. The zero-order valence-corrected chi connectivity index (χ0v) is 19.0. The zero-order valence-electron chi connectivity index (χ0n) is 17.5. The van der Waals surface area contributed by atoms with E-state index in [4.69, 9.17) is 16.3 Å². The van der Waals surface area contributed by atoms with Gasteiger partial charge >= 0.3 is 5.97 Å². The Labute approximate surface area is 191 Å². The highest BCUT2D eigenvalue weighted by atomic mass is 35.5. The maximum atomic E-state index is 12.9. The molecule has 1 aliphatic rings. The molecule has 1 aromatic heterocycles. The van der Waals surface area contributed by atoms with Gasteiger partial charge in [-0.1, -0.05) is 11.6 Å². The van der Waals surface area contributed by atoms with Crippen molar-refractivity contribution in [3.8, 4) is 0 Å². The fourth-order valence-corrected chi connectivity index (χ4v) is 5.16. The summed E-state index contributed by atoms with van der Waals surface area (Å²) in [5.74, 6) is -0.512. The maximum Gasteiger partial charge on any atom is 0.341 e. The van der Waals surface area contributed by atoms with Crippen LogP contribution in [0.2, 0.25) is 5.02 Å². The number of fused-ring (bicyclic) bond motifs is 1. The topological polar surface area (TPSA) is 101 Å². The van der Waals surface area contributed by atoms with Gasteiger partial charge in [0.15, 0.2) is 0 Å². The molecule has 0 spiro atoms. The van der Waals surface area contributed by atoms with Crippen molar-refractivity contribution < 1.29 is 17.9 Å². The minimum atomic E-state index is -3.56. The van der Waals surface area contributed by atoms with Crippen LogP contribution in [0.25, 0.3) is 10.9 Å². The van der Waals surface area contributed by atoms with Gasteiger partial charge in [-0.25, -0.2) is 13.2 Å². The van der Waals surface area contributed by atoms with E-state index in [0.29, 0.717) is 53.5 Å². The van der Waals surface area contributed by atoms with Crippen molar-refractivity contribution >= 4 is 49.9 Å². The van der Waals surface area contributed by atoms with Gasteiger partial charge in [0.25, 0.3) is 0 Å². The van der Waals surface area contributed by atoms with Crippen molar-refractivity contribution in [2.75, 3.05) is 38.1 Å². The van der Waals surface area contributed by atoms with Crippen molar-refractivity contribution in [3.05, 3.63) is 59.2 Å². The standard InChI is InChI=1S/C22H23ClN4O4S/c1-2-31-22(28)19-14-25-20-8-3-15(23)13-18(20)21(19)26-16-4-6-17(7-5-16)32(29,30)27-11-9-24-10-12-27/h3-8,13-14,24H,2,9-12H2,1H3,(H,25,26). The number of nitrogens with zero attached hydrogens (tertiary/aromatic N) is 2. The molecule has 4 rings (SSSR count). The molecule has 3 aromatic rings. The van der Waals surface area contributed by atoms with Gasteiger partial charge in [-0.05, 0) is 49.4 Å². The molecule has 32 heavy (non-hydrogen) atoms. The van der Waals surface area contributed by atoms with E-state index >= 15 is 0 Å². The van der Waals surface area contributed by atoms with Crippen LogP contribution in [-0.4, -0.2) is 56.5 Å². The van der Waals surface area contributed by atoms with Crippen molar-refractivity contribution in [2.24, 2.45) is 0 Å². The van der Waals surface area contributed by atoms with Crippen LogP contribution < -0.4 is 10.6 Å². The molecule has 168 valence electrons. The average molecular weight is 475 g/mol. The number of benzene rings is 2. The molecule has 0 radical (unpaired) electrons. The van der Waals surface area contributed by atoms with Crippen LogP contribution in [0.3, 0.4) is 0 Å². The van der Waals surface area contributed by atoms with E-state index in [1.807, 2.05) is 0 Å². The number of ether oxygens (including phenoxy) is 1. The molecule has 1 aliphatic heterocycles. The van der Waals surface area contributed by atoms with Gasteiger partial charge in [0.05, 0.1) is 22.7 Å². The van der Waals surface area contributed by atoms with Gasteiger partial charge in [0.1, 0.15) is 5.56 Å². The Hall–Kier alpha value is -2.72. The lowest BCUT2D eigenvalue weighted by Gasteiger charge is -2.26. The summed E-state index contributed by atoms with van der Waals surface area (Å²) in [7, 11) is -3.56. The number of esters is 1. The summed E-state index contributed by atoms with van der Waals surface area (Å²) in [6.07, 6.45) is 1.46. The number of aromatic nitrogens is 1. The normalized spacial score (nSPS) is 14.9. The summed E-state index contributed by atoms with van der Waals surface area (Å²) in [6, 6.07) is 11.7. The number of carbonyl (C=O) groups excluding carboxylic acids is 1. The number of carbonyl (C=O) groups is 1. The third kappa shape index (κ3) is 4.56. The van der Waals surface area contributed by atoms with Crippen LogP contribution in [0.15, 0.2) is 53.6 Å². The quantitative estimate of drug-likeness (QED) is 0.528. The highest BCUT2D eigenvalue weighted by Crippen LogP contribution is 2.32. The van der Waals surface area contributed by atoms with Crippen molar-refractivity contribution in [2.45, 2.75) is 11.8 Å². The second kappa shape index (κ2) is 9.41. The molecule has 1 saturated heterocycles. The number of hydrogen-bond acceptors (Lipinski definition) is 7. The zero-order chi connectivity index (χ0) is 22.7. The van der Waals surface area contributed by atoms with Crippen LogP contribution in [-0.2, 0) is 14.8 Å². The van der Waals surface area contributed by atoms with Gasteiger partial charge in [-0.15, -0.1) is 0 Å². The van der Waals surface area contributed by atoms with Crippen LogP contribution in [0, 0.1) is 0 Å². The minimum Gasteiger partial charge on any atom is -0.462 e. The Bertz CT molecular complexity index is 1240. The lowest BCUT2D eigenvalue weighted by Crippen LogP contribution is -2.46. The molecule has 8 nitrogen and oxygen atoms in total. The summed E-state index contributed by atoms with van der Waals surface area (Å²) in [6.45, 7) is 4.10. The van der Waals surface area contributed by atoms with Gasteiger partial charge in [0.2, 0.25) is 10.0 Å². The van der Waals surface area contributed by atoms with Crippen LogP contribution in [0.1, 0.15) is 17.3 Å². The molecular formula is C22H23ClN4O4S. The van der Waals surface area contributed by atoms with Crippen LogP contribution in [0.5, 0.6) is 0 Å². The Balaban J connectivity index is 1.69. The molecular weight excluding hydrogens is 452 g/mol. The molecule has 0 bridgehead atoms. The van der Waals surface area contributed by atoms with Gasteiger partial charge in [-0.2, -0.15) is 4.31 Å². The molecule has 2 aromatic carbocycles. The first-order valence-electron chi connectivity index (χ1n) is 10.2. The largest absolute Gasteiger partial charge is 0.462 e. The van der Waals surface area contributed by atoms with E-state index in [1.165, 1.54) is 10.5 Å². The number of halogens is 1. The molecule has 0 aliphatic carbocycles. The number of rotatable bonds is 6. The van der Waals surface area contributed by atoms with E-state index in [1.54, 1.807) is 49.4 Å². The lowest BCUT2D eigenvalue weighted by molar-refractivity contribution is 0.0527. The van der Waals surface area contributed by atoms with Crippen LogP contribution >= 0.6 is 11.6 Å². The van der Waals surface area contributed by atoms with Gasteiger partial charge < -0.3 is 15.4 Å². The Kier molecular flexibility index (Phi) is 6.61. The Morgan fingerprint density at radius 3 is 2.59 bits per heavy atom. The molecule has 10 heteroatoms.